The average molecular weight is 485 g/mol. The normalized spacial score (nSPS) is 43.1. The van der Waals surface area contributed by atoms with Crippen molar-refractivity contribution >= 4 is 6.09 Å². The molecule has 6 rings (SSSR count). The summed E-state index contributed by atoms with van der Waals surface area (Å²) in [6.07, 6.45) is 10.7. The molecule has 192 valence electrons. The number of hydrogen-bond acceptors (Lipinski definition) is 6. The van der Waals surface area contributed by atoms with E-state index in [9.17, 15) is 14.7 Å². The number of fused-ring (bicyclic) bond motifs is 5. The van der Waals surface area contributed by atoms with Gasteiger partial charge in [0.05, 0.1) is 11.9 Å². The summed E-state index contributed by atoms with van der Waals surface area (Å²) in [5, 5.41) is 15.6. The summed E-state index contributed by atoms with van der Waals surface area (Å²) in [6.45, 7) is 5.43. The largest absolute Gasteiger partial charge is 0.446 e. The molecule has 1 saturated heterocycles. The summed E-state index contributed by atoms with van der Waals surface area (Å²) in [5.74, 6) is 2.35. The van der Waals surface area contributed by atoms with Crippen molar-refractivity contribution in [1.29, 1.82) is 0 Å². The third-order valence-electron chi connectivity index (χ3n) is 10.9. The maximum Gasteiger partial charge on any atom is 0.410 e. The first-order valence-corrected chi connectivity index (χ1v) is 13.9. The fraction of sp³-hybridized carbons (Fsp3) is 0.786. The van der Waals surface area contributed by atoms with Gasteiger partial charge >= 0.3 is 11.7 Å². The van der Waals surface area contributed by atoms with E-state index in [1.807, 2.05) is 11.0 Å². The second-order valence-corrected chi connectivity index (χ2v) is 12.2. The van der Waals surface area contributed by atoms with Crippen LogP contribution in [0.5, 0.6) is 0 Å². The van der Waals surface area contributed by atoms with Crippen molar-refractivity contribution in [1.82, 2.24) is 10.2 Å². The lowest BCUT2D eigenvalue weighted by atomic mass is 9.47. The molecule has 2 heterocycles. The number of rotatable bonds is 2. The number of carbonyl (C=O) groups excluding carboxylic acids is 1. The number of carbonyl (C=O) groups is 1. The van der Waals surface area contributed by atoms with Crippen LogP contribution >= 0.6 is 0 Å². The Morgan fingerprint density at radius 3 is 2.69 bits per heavy atom. The minimum Gasteiger partial charge on any atom is -0.446 e. The molecule has 1 amide bonds. The number of nitrogens with zero attached hydrogens (tertiary/aromatic N) is 1. The van der Waals surface area contributed by atoms with Gasteiger partial charge in [0.2, 0.25) is 0 Å². The molecular weight excluding hydrogens is 444 g/mol. The summed E-state index contributed by atoms with van der Waals surface area (Å²) in [6, 6.07) is 3.42. The Bertz CT molecular complexity index is 985. The van der Waals surface area contributed by atoms with Gasteiger partial charge in [0.25, 0.3) is 0 Å². The van der Waals surface area contributed by atoms with E-state index in [1.165, 1.54) is 6.07 Å². The van der Waals surface area contributed by atoms with Crippen LogP contribution < -0.4 is 10.9 Å². The van der Waals surface area contributed by atoms with Crippen LogP contribution in [0.25, 0.3) is 0 Å². The molecule has 1 aromatic rings. The van der Waals surface area contributed by atoms with E-state index >= 15 is 0 Å². The van der Waals surface area contributed by atoms with Crippen LogP contribution in [0.2, 0.25) is 0 Å². The van der Waals surface area contributed by atoms with Gasteiger partial charge in [0.15, 0.2) is 0 Å². The third kappa shape index (κ3) is 3.85. The Morgan fingerprint density at radius 2 is 1.91 bits per heavy atom. The van der Waals surface area contributed by atoms with Gasteiger partial charge in [-0.15, -0.1) is 0 Å². The highest BCUT2D eigenvalue weighted by molar-refractivity contribution is 5.68. The molecule has 0 radical (unpaired) electrons. The van der Waals surface area contributed by atoms with Gasteiger partial charge in [0.1, 0.15) is 6.10 Å². The van der Waals surface area contributed by atoms with Crippen molar-refractivity contribution in [3.05, 3.63) is 34.4 Å². The maximum absolute atomic E-state index is 12.6. The van der Waals surface area contributed by atoms with Crippen molar-refractivity contribution in [3.63, 3.8) is 0 Å². The molecule has 0 unspecified atom stereocenters. The number of amides is 1. The van der Waals surface area contributed by atoms with E-state index in [4.69, 9.17) is 9.15 Å². The van der Waals surface area contributed by atoms with Crippen LogP contribution in [0.1, 0.15) is 76.2 Å². The zero-order valence-electron chi connectivity index (χ0n) is 20.9. The van der Waals surface area contributed by atoms with Gasteiger partial charge in [-0.25, -0.2) is 9.59 Å². The molecule has 4 saturated carbocycles. The molecule has 7 heteroatoms. The lowest BCUT2D eigenvalue weighted by Gasteiger charge is -2.60. The van der Waals surface area contributed by atoms with E-state index in [2.05, 4.69) is 12.2 Å². The maximum atomic E-state index is 12.6. The third-order valence-corrected chi connectivity index (χ3v) is 10.9. The SMILES string of the molecule is C[C@]12CC[C@@H]3[C@H]4CC[C@H](OC(=O)N5CCNCC5)C[C@H]4CC[C@H]3[C@@]1(O)CC[C@@H]2c1ccc(=O)oc1. The second kappa shape index (κ2) is 8.91. The Kier molecular flexibility index (Phi) is 5.99. The van der Waals surface area contributed by atoms with Crippen LogP contribution in [0.4, 0.5) is 4.79 Å². The standard InChI is InChI=1S/C28H40N2O5/c1-27-10-8-22-21-5-4-20(35-26(32)30-14-12-29-13-15-30)16-18(21)2-6-24(22)28(27,33)11-9-23(27)19-3-7-25(31)34-17-19/h3,7,17-18,20-24,29,33H,2,4-6,8-16H2,1H3/t18-,20+,21+,22-,23-,24-,27-,28+/m1/s1. The van der Waals surface area contributed by atoms with Gasteiger partial charge in [0, 0.05) is 37.7 Å². The Balaban J connectivity index is 1.14. The van der Waals surface area contributed by atoms with Crippen molar-refractivity contribution in [2.75, 3.05) is 26.2 Å². The van der Waals surface area contributed by atoms with E-state index in [-0.39, 0.29) is 29.2 Å². The van der Waals surface area contributed by atoms with E-state index in [1.54, 1.807) is 6.26 Å². The second-order valence-electron chi connectivity index (χ2n) is 12.2. The van der Waals surface area contributed by atoms with Crippen LogP contribution in [-0.4, -0.2) is 54.0 Å². The molecule has 1 aromatic heterocycles. The quantitative estimate of drug-likeness (QED) is 0.662. The zero-order chi connectivity index (χ0) is 24.2. The number of piperazine rings is 1. The predicted molar refractivity (Wildman–Crippen MR) is 131 cm³/mol. The molecule has 8 atom stereocenters. The van der Waals surface area contributed by atoms with Crippen LogP contribution in [0.3, 0.4) is 0 Å². The van der Waals surface area contributed by atoms with Crippen molar-refractivity contribution in [2.24, 2.45) is 29.1 Å². The predicted octanol–water partition coefficient (Wildman–Crippen LogP) is 3.90. The summed E-state index contributed by atoms with van der Waals surface area (Å²) in [7, 11) is 0. The molecule has 35 heavy (non-hydrogen) atoms. The number of nitrogens with one attached hydrogen (secondary N) is 1. The van der Waals surface area contributed by atoms with Gasteiger partial charge < -0.3 is 24.5 Å². The Morgan fingerprint density at radius 1 is 1.09 bits per heavy atom. The van der Waals surface area contributed by atoms with Crippen molar-refractivity contribution in [2.45, 2.75) is 82.3 Å². The molecule has 0 aromatic carbocycles. The van der Waals surface area contributed by atoms with Crippen LogP contribution in [-0.2, 0) is 4.74 Å². The Hall–Kier alpha value is -1.86. The highest BCUT2D eigenvalue weighted by atomic mass is 16.6. The first-order chi connectivity index (χ1) is 16.9. The fourth-order valence-corrected chi connectivity index (χ4v) is 9.06. The molecule has 4 aliphatic carbocycles. The molecule has 2 N–H and O–H groups in total. The topological polar surface area (TPSA) is 92.0 Å². The number of aliphatic hydroxyl groups is 1. The van der Waals surface area contributed by atoms with E-state index in [0.717, 1.165) is 89.5 Å². The summed E-state index contributed by atoms with van der Waals surface area (Å²) < 4.78 is 11.2. The van der Waals surface area contributed by atoms with Gasteiger partial charge in [-0.2, -0.15) is 0 Å². The van der Waals surface area contributed by atoms with E-state index < -0.39 is 5.60 Å². The summed E-state index contributed by atoms with van der Waals surface area (Å²) >= 11 is 0. The van der Waals surface area contributed by atoms with Gasteiger partial charge in [-0.1, -0.05) is 6.92 Å². The van der Waals surface area contributed by atoms with Gasteiger partial charge in [-0.05, 0) is 99.0 Å². The zero-order valence-corrected chi connectivity index (χ0v) is 20.9. The van der Waals surface area contributed by atoms with E-state index in [0.29, 0.717) is 23.7 Å². The monoisotopic (exact) mass is 484 g/mol. The van der Waals surface area contributed by atoms with Crippen LogP contribution in [0, 0.1) is 29.1 Å². The first kappa shape index (κ1) is 23.5. The molecular formula is C28H40N2O5. The van der Waals surface area contributed by atoms with Crippen molar-refractivity contribution < 1.29 is 19.1 Å². The molecule has 1 aliphatic heterocycles. The highest BCUT2D eigenvalue weighted by Gasteiger charge is 2.65. The van der Waals surface area contributed by atoms with Crippen LogP contribution in [0.15, 0.2) is 27.6 Å². The highest BCUT2D eigenvalue weighted by Crippen LogP contribution is 2.68. The first-order valence-electron chi connectivity index (χ1n) is 13.9. The molecule has 5 fully saturated rings. The molecule has 0 bridgehead atoms. The smallest absolute Gasteiger partial charge is 0.410 e. The summed E-state index contributed by atoms with van der Waals surface area (Å²) in [5.41, 5.74) is -0.102. The molecule has 0 spiro atoms. The Labute approximate surface area is 207 Å². The lowest BCUT2D eigenvalue weighted by Crippen LogP contribution is -2.59. The summed E-state index contributed by atoms with van der Waals surface area (Å²) in [4.78, 5) is 26.0. The minimum atomic E-state index is -0.659. The number of ether oxygens (including phenoxy) is 1. The average Bonchev–Trinajstić information content (AvgIpc) is 3.16. The minimum absolute atomic E-state index is 0.0377. The lowest BCUT2D eigenvalue weighted by molar-refractivity contribution is -0.183. The number of hydrogen-bond donors (Lipinski definition) is 2. The van der Waals surface area contributed by atoms with Crippen molar-refractivity contribution in [3.8, 4) is 0 Å². The van der Waals surface area contributed by atoms with Gasteiger partial charge in [-0.3, -0.25) is 0 Å². The molecule has 7 nitrogen and oxygen atoms in total. The fourth-order valence-electron chi connectivity index (χ4n) is 9.06. The molecule has 5 aliphatic rings.